The largest absolute Gasteiger partial charge is 0.352 e. The molecular formula is C14H22ClN3O2. The zero-order valence-corrected chi connectivity index (χ0v) is 12.8. The maximum atomic E-state index is 11.8. The first-order valence-corrected chi connectivity index (χ1v) is 6.40. The molecule has 0 fully saturated rings. The van der Waals surface area contributed by atoms with Crippen LogP contribution in [0, 0.1) is 5.92 Å². The van der Waals surface area contributed by atoms with E-state index in [1.807, 2.05) is 6.92 Å². The smallest absolute Gasteiger partial charge is 0.251 e. The van der Waals surface area contributed by atoms with Crippen LogP contribution < -0.4 is 16.4 Å². The number of carbonyl (C=O) groups excluding carboxylic acids is 2. The van der Waals surface area contributed by atoms with Crippen LogP contribution in [0.1, 0.15) is 31.1 Å². The summed E-state index contributed by atoms with van der Waals surface area (Å²) in [5.74, 6) is -0.506. The van der Waals surface area contributed by atoms with Crippen molar-refractivity contribution in [3.05, 3.63) is 29.8 Å². The van der Waals surface area contributed by atoms with Crippen LogP contribution in [0.15, 0.2) is 24.3 Å². The summed E-state index contributed by atoms with van der Waals surface area (Å²) in [6.45, 7) is 6.02. The summed E-state index contributed by atoms with van der Waals surface area (Å²) in [5.41, 5.74) is 6.90. The normalized spacial score (nSPS) is 12.8. The van der Waals surface area contributed by atoms with Gasteiger partial charge in [0.1, 0.15) is 0 Å². The Balaban J connectivity index is 0.00000361. The maximum Gasteiger partial charge on any atom is 0.251 e. The Morgan fingerprint density at radius 2 is 1.75 bits per heavy atom. The molecule has 5 nitrogen and oxygen atoms in total. The third kappa shape index (κ3) is 5.19. The van der Waals surface area contributed by atoms with Crippen molar-refractivity contribution in [1.82, 2.24) is 5.32 Å². The van der Waals surface area contributed by atoms with Crippen LogP contribution in [-0.4, -0.2) is 24.4 Å². The first kappa shape index (κ1) is 18.4. The molecule has 0 heterocycles. The molecule has 0 aliphatic carbocycles. The fourth-order valence-electron chi connectivity index (χ4n) is 1.46. The molecule has 0 aliphatic rings. The van der Waals surface area contributed by atoms with Gasteiger partial charge in [-0.3, -0.25) is 9.59 Å². The number of benzene rings is 1. The van der Waals surface area contributed by atoms with Gasteiger partial charge >= 0.3 is 0 Å². The number of halogens is 1. The van der Waals surface area contributed by atoms with E-state index in [4.69, 9.17) is 5.73 Å². The molecule has 4 N–H and O–H groups in total. The lowest BCUT2D eigenvalue weighted by Gasteiger charge is -2.15. The van der Waals surface area contributed by atoms with E-state index in [0.29, 0.717) is 17.8 Å². The first-order chi connectivity index (χ1) is 8.95. The van der Waals surface area contributed by atoms with Crippen molar-refractivity contribution in [2.24, 2.45) is 11.7 Å². The predicted octanol–water partition coefficient (Wildman–Crippen LogP) is 1.78. The second-order valence-corrected chi connectivity index (χ2v) is 4.57. The van der Waals surface area contributed by atoms with Crippen LogP contribution in [0.2, 0.25) is 0 Å². The monoisotopic (exact) mass is 299 g/mol. The van der Waals surface area contributed by atoms with E-state index in [2.05, 4.69) is 10.6 Å². The van der Waals surface area contributed by atoms with Crippen LogP contribution >= 0.6 is 12.4 Å². The minimum absolute atomic E-state index is 0. The van der Waals surface area contributed by atoms with Gasteiger partial charge in [-0.2, -0.15) is 0 Å². The third-order valence-electron chi connectivity index (χ3n) is 2.95. The number of nitrogens with two attached hydrogens (primary N) is 1. The number of hydrogen-bond acceptors (Lipinski definition) is 3. The highest BCUT2D eigenvalue weighted by Crippen LogP contribution is 2.12. The molecule has 6 heteroatoms. The van der Waals surface area contributed by atoms with E-state index in [1.165, 1.54) is 0 Å². The average molecular weight is 300 g/mol. The lowest BCUT2D eigenvalue weighted by atomic mass is 10.0. The average Bonchev–Trinajstić information content (AvgIpc) is 2.38. The summed E-state index contributed by atoms with van der Waals surface area (Å²) in [6.07, 6.45) is 0. The van der Waals surface area contributed by atoms with Crippen LogP contribution in [0.25, 0.3) is 0 Å². The highest BCUT2D eigenvalue weighted by Gasteiger charge is 2.17. The Morgan fingerprint density at radius 1 is 1.20 bits per heavy atom. The number of nitrogens with one attached hydrogen (secondary N) is 2. The van der Waals surface area contributed by atoms with E-state index in [-0.39, 0.29) is 36.2 Å². The van der Waals surface area contributed by atoms with Gasteiger partial charge in [-0.1, -0.05) is 6.92 Å². The van der Waals surface area contributed by atoms with E-state index in [0.717, 1.165) is 0 Å². The fourth-order valence-corrected chi connectivity index (χ4v) is 1.46. The van der Waals surface area contributed by atoms with Crippen LogP contribution in [0.3, 0.4) is 0 Å². The number of amides is 2. The predicted molar refractivity (Wildman–Crippen MR) is 83.1 cm³/mol. The molecule has 1 rings (SSSR count). The van der Waals surface area contributed by atoms with Gasteiger partial charge in [-0.05, 0) is 38.1 Å². The van der Waals surface area contributed by atoms with E-state index >= 15 is 0 Å². The summed E-state index contributed by atoms with van der Waals surface area (Å²) in [7, 11) is 0. The van der Waals surface area contributed by atoms with Gasteiger partial charge in [0.25, 0.3) is 5.91 Å². The van der Waals surface area contributed by atoms with Crippen molar-refractivity contribution in [3.63, 3.8) is 0 Å². The molecular weight excluding hydrogens is 278 g/mol. The third-order valence-corrected chi connectivity index (χ3v) is 2.95. The molecule has 1 aromatic rings. The summed E-state index contributed by atoms with van der Waals surface area (Å²) in [4.78, 5) is 23.4. The van der Waals surface area contributed by atoms with E-state index < -0.39 is 0 Å². The number of rotatable bonds is 5. The Bertz CT molecular complexity index is 446. The van der Waals surface area contributed by atoms with Gasteiger partial charge in [0.05, 0.1) is 5.92 Å². The van der Waals surface area contributed by atoms with Crippen LogP contribution in [0.4, 0.5) is 5.69 Å². The highest BCUT2D eigenvalue weighted by molar-refractivity contribution is 5.96. The van der Waals surface area contributed by atoms with Gasteiger partial charge in [0.15, 0.2) is 0 Å². The summed E-state index contributed by atoms with van der Waals surface area (Å²) >= 11 is 0. The summed E-state index contributed by atoms with van der Waals surface area (Å²) < 4.78 is 0. The molecule has 2 atom stereocenters. The first-order valence-electron chi connectivity index (χ1n) is 6.40. The zero-order valence-electron chi connectivity index (χ0n) is 12.0. The van der Waals surface area contributed by atoms with Crippen molar-refractivity contribution in [1.29, 1.82) is 0 Å². The molecule has 0 aromatic heterocycles. The summed E-state index contributed by atoms with van der Waals surface area (Å²) in [6, 6.07) is 6.57. The van der Waals surface area contributed by atoms with Gasteiger partial charge < -0.3 is 16.4 Å². The molecule has 0 bridgehead atoms. The van der Waals surface area contributed by atoms with E-state index in [9.17, 15) is 9.59 Å². The van der Waals surface area contributed by atoms with Crippen molar-refractivity contribution >= 4 is 29.9 Å². The van der Waals surface area contributed by atoms with Gasteiger partial charge in [-0.15, -0.1) is 12.4 Å². The van der Waals surface area contributed by atoms with Crippen molar-refractivity contribution < 1.29 is 9.59 Å². The topological polar surface area (TPSA) is 84.2 Å². The molecule has 2 amide bonds. The molecule has 2 unspecified atom stereocenters. The van der Waals surface area contributed by atoms with Crippen LogP contribution in [0.5, 0.6) is 0 Å². The lowest BCUT2D eigenvalue weighted by molar-refractivity contribution is -0.119. The van der Waals surface area contributed by atoms with Crippen molar-refractivity contribution in [3.8, 4) is 0 Å². The summed E-state index contributed by atoms with van der Waals surface area (Å²) in [5, 5.41) is 5.48. The van der Waals surface area contributed by atoms with Crippen molar-refractivity contribution in [2.75, 3.05) is 11.9 Å². The Hall–Kier alpha value is -1.59. The second-order valence-electron chi connectivity index (χ2n) is 4.57. The Kier molecular flexibility index (Phi) is 7.87. The number of carbonyl (C=O) groups is 2. The molecule has 112 valence electrons. The Labute approximate surface area is 125 Å². The fraction of sp³-hybridized carbons (Fsp3) is 0.429. The number of hydrogen-bond donors (Lipinski definition) is 3. The molecule has 0 saturated carbocycles. The van der Waals surface area contributed by atoms with Crippen LogP contribution in [-0.2, 0) is 4.79 Å². The lowest BCUT2D eigenvalue weighted by Crippen LogP contribution is -2.34. The van der Waals surface area contributed by atoms with Gasteiger partial charge in [0.2, 0.25) is 5.91 Å². The van der Waals surface area contributed by atoms with E-state index in [1.54, 1.807) is 38.1 Å². The standard InChI is InChI=1S/C14H21N3O2.ClH/c1-4-16-14(19)11-5-7-12(8-6-11)17-13(18)9(2)10(3)15;/h5-10H,4,15H2,1-3H3,(H,16,19)(H,17,18);1H. The quantitative estimate of drug-likeness (QED) is 0.775. The SMILES string of the molecule is CCNC(=O)c1ccc(NC(=O)C(C)C(C)N)cc1.Cl. The van der Waals surface area contributed by atoms with Gasteiger partial charge in [0, 0.05) is 23.8 Å². The molecule has 0 saturated heterocycles. The molecule has 1 aromatic carbocycles. The Morgan fingerprint density at radius 3 is 2.20 bits per heavy atom. The van der Waals surface area contributed by atoms with Crippen molar-refractivity contribution in [2.45, 2.75) is 26.8 Å². The molecule has 20 heavy (non-hydrogen) atoms. The maximum absolute atomic E-state index is 11.8. The minimum Gasteiger partial charge on any atom is -0.352 e. The number of anilines is 1. The van der Waals surface area contributed by atoms with Gasteiger partial charge in [-0.25, -0.2) is 0 Å². The zero-order chi connectivity index (χ0) is 14.4. The molecule has 0 radical (unpaired) electrons. The highest BCUT2D eigenvalue weighted by atomic mass is 35.5. The molecule has 0 aliphatic heterocycles. The minimum atomic E-state index is -0.261. The molecule has 0 spiro atoms. The second kappa shape index (κ2) is 8.55.